The minimum atomic E-state index is 0. The predicted molar refractivity (Wildman–Crippen MR) is 34.4 cm³/mol. The summed E-state index contributed by atoms with van der Waals surface area (Å²) in [4.78, 5) is 10.6. The fourth-order valence-corrected chi connectivity index (χ4v) is 0.407. The van der Waals surface area contributed by atoms with Gasteiger partial charge in [0.25, 0.3) is 0 Å². The number of carbonyl (C=O) groups excluding carboxylic acids is 1. The van der Waals surface area contributed by atoms with E-state index in [0.717, 1.165) is 0 Å². The number of hydrogen-bond acceptors (Lipinski definition) is 1. The zero-order valence-corrected chi connectivity index (χ0v) is 9.40. The van der Waals surface area contributed by atoms with Crippen molar-refractivity contribution in [2.24, 2.45) is 5.92 Å². The van der Waals surface area contributed by atoms with Crippen molar-refractivity contribution in [2.75, 3.05) is 0 Å². The Labute approximate surface area is 82.5 Å². The van der Waals surface area contributed by atoms with Crippen molar-refractivity contribution >= 4 is 5.78 Å². The molecule has 0 amide bonds. The van der Waals surface area contributed by atoms with E-state index in [1.165, 1.54) is 5.92 Å². The van der Waals surface area contributed by atoms with Crippen LogP contribution in [0.4, 0.5) is 0 Å². The number of Topliss-reactive ketones (excluding diaryl/α,β-unsaturated/α-hetero) is 1. The molecule has 0 aliphatic carbocycles. The Morgan fingerprint density at radius 2 is 1.78 bits per heavy atom. The summed E-state index contributed by atoms with van der Waals surface area (Å²) in [7, 11) is 0. The number of carbonyl (C=O) groups is 1. The van der Waals surface area contributed by atoms with E-state index >= 15 is 0 Å². The van der Waals surface area contributed by atoms with Gasteiger partial charge in [0, 0.05) is 0 Å². The van der Waals surface area contributed by atoms with E-state index in [-0.39, 0.29) is 44.4 Å². The Hall–Kier alpha value is 0.774. The smallest absolute Gasteiger partial charge is 0.310 e. The van der Waals surface area contributed by atoms with Crippen molar-refractivity contribution in [2.45, 2.75) is 27.7 Å². The van der Waals surface area contributed by atoms with Gasteiger partial charge in [0.15, 0.2) is 0 Å². The van der Waals surface area contributed by atoms with E-state index in [1.807, 2.05) is 20.8 Å². The summed E-state index contributed by atoms with van der Waals surface area (Å²) in [6, 6.07) is 0. The third-order valence-corrected chi connectivity index (χ3v) is 1.48. The van der Waals surface area contributed by atoms with Crippen LogP contribution in [0.1, 0.15) is 27.7 Å². The second-order valence-corrected chi connectivity index (χ2v) is 2.41. The molecule has 0 aromatic rings. The van der Waals surface area contributed by atoms with Crippen molar-refractivity contribution in [1.29, 1.82) is 0 Å². The first-order valence-electron chi connectivity index (χ1n) is 2.86. The fourth-order valence-electron chi connectivity index (χ4n) is 0.407. The van der Waals surface area contributed by atoms with Crippen molar-refractivity contribution in [3.8, 4) is 0 Å². The number of hydrogen-bond donors (Lipinski definition) is 0. The third-order valence-electron chi connectivity index (χ3n) is 1.48. The van der Waals surface area contributed by atoms with Gasteiger partial charge in [-0.25, -0.2) is 0 Å². The first-order chi connectivity index (χ1) is 3.55. The molecule has 1 atom stereocenters. The Morgan fingerprint density at radius 3 is 1.78 bits per heavy atom. The second-order valence-electron chi connectivity index (χ2n) is 2.41. The van der Waals surface area contributed by atoms with Crippen LogP contribution in [0.25, 0.3) is 0 Å². The van der Waals surface area contributed by atoms with Crippen LogP contribution >= 0.6 is 0 Å². The average molecular weight is 202 g/mol. The van der Waals surface area contributed by atoms with E-state index in [1.54, 1.807) is 6.92 Å². The van der Waals surface area contributed by atoms with Crippen LogP contribution < -0.4 is 0 Å². The van der Waals surface area contributed by atoms with Gasteiger partial charge in [-0.05, 0) is 6.92 Å². The summed E-state index contributed by atoms with van der Waals surface area (Å²) >= 11 is 0. The molecule has 0 bridgehead atoms. The molecule has 0 spiro atoms. The zero-order valence-electron chi connectivity index (χ0n) is 6.56. The van der Waals surface area contributed by atoms with Crippen molar-refractivity contribution in [1.82, 2.24) is 0 Å². The Kier molecular flexibility index (Phi) is 7.68. The van der Waals surface area contributed by atoms with Gasteiger partial charge in [0.1, 0.15) is 5.78 Å². The Bertz CT molecular complexity index is 88.9. The first kappa shape index (κ1) is 12.5. The largest absolute Gasteiger partial charge is 3.00 e. The minimum Gasteiger partial charge on any atom is -0.310 e. The molecule has 9 heavy (non-hydrogen) atoms. The van der Waals surface area contributed by atoms with Gasteiger partial charge in [0.05, 0.1) is 0 Å². The van der Waals surface area contributed by atoms with Crippen LogP contribution in [0.3, 0.4) is 0 Å². The maximum absolute atomic E-state index is 10.6. The van der Waals surface area contributed by atoms with Crippen LogP contribution in [0.5, 0.6) is 0 Å². The minimum absolute atomic E-state index is 0. The molecule has 0 aliphatic rings. The summed E-state index contributed by atoms with van der Waals surface area (Å²) < 4.78 is 0. The molecule has 0 radical (unpaired) electrons. The van der Waals surface area contributed by atoms with Crippen molar-refractivity contribution in [3.63, 3.8) is 0 Å². The van der Waals surface area contributed by atoms with Crippen LogP contribution in [0.15, 0.2) is 0 Å². The molecule has 0 heterocycles. The normalized spacial score (nSPS) is 12.6. The summed E-state index contributed by atoms with van der Waals surface area (Å²) in [5, 5.41) is 0. The SMILES string of the molecule is CC(=O)C(C)[C-](C)C.[Y+3]. The van der Waals surface area contributed by atoms with Crippen molar-refractivity contribution in [3.05, 3.63) is 5.92 Å². The topological polar surface area (TPSA) is 17.1 Å². The molecule has 0 N–H and O–H groups in total. The Balaban J connectivity index is 0. The molecule has 0 aromatic carbocycles. The van der Waals surface area contributed by atoms with Gasteiger partial charge in [0.2, 0.25) is 0 Å². The molecular weight excluding hydrogens is 189 g/mol. The molecule has 0 rings (SSSR count). The molecule has 0 saturated heterocycles. The van der Waals surface area contributed by atoms with Gasteiger partial charge in [-0.1, -0.05) is 6.92 Å². The third kappa shape index (κ3) is 5.23. The monoisotopic (exact) mass is 202 g/mol. The van der Waals surface area contributed by atoms with Gasteiger partial charge < -0.3 is 10.7 Å². The quantitative estimate of drug-likeness (QED) is 0.624. The molecular formula is C7H13OY+2. The first-order valence-corrected chi connectivity index (χ1v) is 2.86. The van der Waals surface area contributed by atoms with Gasteiger partial charge in [-0.3, -0.25) is 0 Å². The van der Waals surface area contributed by atoms with Crippen LogP contribution in [0.2, 0.25) is 0 Å². The van der Waals surface area contributed by atoms with Crippen LogP contribution in [-0.4, -0.2) is 5.78 Å². The zero-order chi connectivity index (χ0) is 6.73. The van der Waals surface area contributed by atoms with E-state index in [4.69, 9.17) is 0 Å². The van der Waals surface area contributed by atoms with Crippen LogP contribution in [-0.2, 0) is 37.5 Å². The van der Waals surface area contributed by atoms with Gasteiger partial charge in [-0.2, -0.15) is 13.8 Å². The molecule has 0 saturated carbocycles. The van der Waals surface area contributed by atoms with Crippen LogP contribution in [0, 0.1) is 11.8 Å². The van der Waals surface area contributed by atoms with E-state index in [0.29, 0.717) is 0 Å². The summed E-state index contributed by atoms with van der Waals surface area (Å²) in [5.41, 5.74) is 0. The summed E-state index contributed by atoms with van der Waals surface area (Å²) in [5.74, 6) is 1.59. The van der Waals surface area contributed by atoms with E-state index in [2.05, 4.69) is 0 Å². The maximum atomic E-state index is 10.6. The van der Waals surface area contributed by atoms with Gasteiger partial charge in [-0.15, -0.1) is 5.92 Å². The van der Waals surface area contributed by atoms with Crippen molar-refractivity contribution < 1.29 is 37.5 Å². The Morgan fingerprint density at radius 1 is 1.44 bits per heavy atom. The molecule has 0 aliphatic heterocycles. The second kappa shape index (κ2) is 5.55. The molecule has 1 unspecified atom stereocenters. The summed E-state index contributed by atoms with van der Waals surface area (Å²) in [6.07, 6.45) is 0. The molecule has 2 heteroatoms. The summed E-state index contributed by atoms with van der Waals surface area (Å²) in [6.45, 7) is 7.51. The predicted octanol–water partition coefficient (Wildman–Crippen LogP) is 1.82. The molecule has 0 fully saturated rings. The number of ketones is 1. The van der Waals surface area contributed by atoms with E-state index in [9.17, 15) is 4.79 Å². The van der Waals surface area contributed by atoms with Gasteiger partial charge >= 0.3 is 32.7 Å². The average Bonchev–Trinajstić information content (AvgIpc) is 1.64. The maximum Gasteiger partial charge on any atom is 3.00 e. The number of rotatable bonds is 2. The molecule has 0 aromatic heterocycles. The molecule has 48 valence electrons. The molecule has 1 nitrogen and oxygen atoms in total. The van der Waals surface area contributed by atoms with E-state index < -0.39 is 0 Å². The standard InChI is InChI=1S/C7H13O.Y/c1-5(2)6(3)7(4)8;/h6H,1-4H3;/q-1;+3. The fraction of sp³-hybridized carbons (Fsp3) is 0.714.